The zero-order chi connectivity index (χ0) is 27.0. The van der Waals surface area contributed by atoms with Crippen LogP contribution >= 0.6 is 22.9 Å². The van der Waals surface area contributed by atoms with E-state index in [4.69, 9.17) is 16.4 Å². The van der Waals surface area contributed by atoms with E-state index in [1.54, 1.807) is 13.1 Å². The first-order chi connectivity index (χ1) is 18.2. The van der Waals surface area contributed by atoms with Crippen molar-refractivity contribution in [1.82, 2.24) is 25.6 Å². The number of likely N-dealkylation sites (N-methyl/N-ethyl adjacent to an activating group) is 1. The maximum atomic E-state index is 13.3. The molecule has 1 fully saturated rings. The summed E-state index contributed by atoms with van der Waals surface area (Å²) in [4.78, 5) is 52.5. The molecule has 3 heterocycles. The number of fused-ring (bicyclic) bond motifs is 2. The molecule has 0 spiro atoms. The number of hydrogen-bond donors (Lipinski definition) is 3. The average Bonchev–Trinajstić information content (AvgIpc) is 3.52. The van der Waals surface area contributed by atoms with E-state index in [2.05, 4.69) is 32.9 Å². The topological polar surface area (TPSA) is 116 Å². The monoisotopic (exact) mass is 560 g/mol. The first-order valence-electron chi connectivity index (χ1n) is 12.9. The number of carbonyl (C=O) groups excluding carboxylic acids is 3. The minimum absolute atomic E-state index is 0.144. The maximum Gasteiger partial charge on any atom is 0.280 e. The molecule has 3 amide bonds. The Hall–Kier alpha value is -2.73. The Balaban J connectivity index is 1.29. The third-order valence-electron chi connectivity index (χ3n) is 7.68. The molecule has 38 heavy (non-hydrogen) atoms. The van der Waals surface area contributed by atoms with E-state index in [0.717, 1.165) is 41.3 Å². The zero-order valence-electron chi connectivity index (χ0n) is 21.8. The van der Waals surface area contributed by atoms with Crippen molar-refractivity contribution < 1.29 is 19.2 Å². The predicted octanol–water partition coefficient (Wildman–Crippen LogP) is 2.22. The lowest BCUT2D eigenvalue weighted by Gasteiger charge is -2.37. The van der Waals surface area contributed by atoms with Gasteiger partial charge in [-0.25, -0.2) is 10.0 Å². The van der Waals surface area contributed by atoms with Gasteiger partial charge in [-0.15, -0.1) is 11.3 Å². The van der Waals surface area contributed by atoms with E-state index in [9.17, 15) is 14.4 Å². The van der Waals surface area contributed by atoms with Gasteiger partial charge in [0, 0.05) is 60.5 Å². The SMILES string of the molecule is CON(C)C(=O)[C@H]1CC[C@H](NC(=O)C2Cc3cc(Cl)ccc3N2)[C@H](NC(=O)c2nc3c(s2)CN(C)CC3)C1. The fourth-order valence-electron chi connectivity index (χ4n) is 5.50. The summed E-state index contributed by atoms with van der Waals surface area (Å²) >= 11 is 7.53. The fourth-order valence-corrected chi connectivity index (χ4v) is 6.78. The summed E-state index contributed by atoms with van der Waals surface area (Å²) in [6.45, 7) is 1.70. The number of hydrogen-bond acceptors (Lipinski definition) is 8. The van der Waals surface area contributed by atoms with E-state index in [1.807, 2.05) is 12.1 Å². The number of aromatic nitrogens is 1. The minimum atomic E-state index is -0.429. The number of rotatable bonds is 6. The lowest BCUT2D eigenvalue weighted by atomic mass is 9.81. The van der Waals surface area contributed by atoms with Gasteiger partial charge >= 0.3 is 0 Å². The van der Waals surface area contributed by atoms with Gasteiger partial charge in [-0.05, 0) is 50.1 Å². The van der Waals surface area contributed by atoms with Crippen LogP contribution in [0.15, 0.2) is 18.2 Å². The summed E-state index contributed by atoms with van der Waals surface area (Å²) in [5.74, 6) is -0.889. The molecule has 204 valence electrons. The molecule has 3 N–H and O–H groups in total. The molecular weight excluding hydrogens is 528 g/mol. The van der Waals surface area contributed by atoms with Crippen LogP contribution in [-0.2, 0) is 33.8 Å². The van der Waals surface area contributed by atoms with Crippen LogP contribution < -0.4 is 16.0 Å². The first kappa shape index (κ1) is 26.9. The number of thiazole rings is 1. The molecule has 2 aliphatic heterocycles. The van der Waals surface area contributed by atoms with Crippen LogP contribution in [0.2, 0.25) is 5.02 Å². The smallest absolute Gasteiger partial charge is 0.280 e. The van der Waals surface area contributed by atoms with Gasteiger partial charge in [0.1, 0.15) is 6.04 Å². The van der Waals surface area contributed by atoms with Crippen molar-refractivity contribution in [2.75, 3.05) is 33.1 Å². The number of amides is 3. The van der Waals surface area contributed by atoms with E-state index in [-0.39, 0.29) is 29.7 Å². The molecule has 1 aromatic heterocycles. The van der Waals surface area contributed by atoms with Crippen molar-refractivity contribution >= 4 is 46.3 Å². The molecule has 1 saturated carbocycles. The van der Waals surface area contributed by atoms with Crippen molar-refractivity contribution in [2.24, 2.45) is 5.92 Å². The Morgan fingerprint density at radius 1 is 1.24 bits per heavy atom. The Kier molecular flexibility index (Phi) is 7.90. The molecule has 0 saturated heterocycles. The fraction of sp³-hybridized carbons (Fsp3) is 0.538. The van der Waals surface area contributed by atoms with Gasteiger partial charge in [0.15, 0.2) is 5.01 Å². The molecule has 5 rings (SSSR count). The van der Waals surface area contributed by atoms with Crippen LogP contribution in [0, 0.1) is 5.92 Å². The number of hydroxylamine groups is 2. The van der Waals surface area contributed by atoms with Gasteiger partial charge < -0.3 is 20.9 Å². The van der Waals surface area contributed by atoms with Gasteiger partial charge in [0.2, 0.25) is 11.8 Å². The lowest BCUT2D eigenvalue weighted by molar-refractivity contribution is -0.174. The normalized spacial score (nSPS) is 24.6. The molecule has 3 aliphatic rings. The Bertz CT molecular complexity index is 1240. The standard InChI is InChI=1S/C26H33ClN6O4S/c1-32-9-8-19-22(13-32)38-25(31-19)24(35)30-20-11-14(26(36)33(2)37-3)4-6-18(20)29-23(34)21-12-15-10-16(27)5-7-17(15)28-21/h5,7,10,14,18,20-21,28H,4,6,8-9,11-13H2,1-3H3,(H,29,34)(H,30,35)/t14-,18-,20+,21?/m0/s1. The molecule has 1 aliphatic carbocycles. The second-order valence-electron chi connectivity index (χ2n) is 10.3. The quantitative estimate of drug-likeness (QED) is 0.464. The Labute approximate surface area is 231 Å². The summed E-state index contributed by atoms with van der Waals surface area (Å²) in [6.07, 6.45) is 2.87. The summed E-state index contributed by atoms with van der Waals surface area (Å²) in [5.41, 5.74) is 2.88. The summed E-state index contributed by atoms with van der Waals surface area (Å²) < 4.78 is 0. The highest BCUT2D eigenvalue weighted by molar-refractivity contribution is 7.13. The van der Waals surface area contributed by atoms with Gasteiger partial charge in [0.25, 0.3) is 5.91 Å². The number of nitrogens with one attached hydrogen (secondary N) is 3. The van der Waals surface area contributed by atoms with Crippen molar-refractivity contribution in [3.05, 3.63) is 44.4 Å². The molecule has 12 heteroatoms. The predicted molar refractivity (Wildman–Crippen MR) is 145 cm³/mol. The number of carbonyl (C=O) groups is 3. The lowest BCUT2D eigenvalue weighted by Crippen LogP contribution is -2.57. The Morgan fingerprint density at radius 2 is 2.05 bits per heavy atom. The van der Waals surface area contributed by atoms with E-state index in [1.165, 1.54) is 23.5 Å². The molecular formula is C26H33ClN6O4S. The summed E-state index contributed by atoms with van der Waals surface area (Å²) in [7, 11) is 5.08. The molecule has 1 unspecified atom stereocenters. The van der Waals surface area contributed by atoms with Gasteiger partial charge in [-0.1, -0.05) is 11.6 Å². The summed E-state index contributed by atoms with van der Waals surface area (Å²) in [5, 5.41) is 11.8. The van der Waals surface area contributed by atoms with Crippen molar-refractivity contribution in [3.8, 4) is 0 Å². The van der Waals surface area contributed by atoms with Crippen LogP contribution in [0.25, 0.3) is 0 Å². The van der Waals surface area contributed by atoms with Crippen molar-refractivity contribution in [2.45, 2.75) is 56.8 Å². The van der Waals surface area contributed by atoms with Crippen LogP contribution in [0.4, 0.5) is 5.69 Å². The number of anilines is 1. The van der Waals surface area contributed by atoms with E-state index < -0.39 is 12.1 Å². The number of halogens is 1. The van der Waals surface area contributed by atoms with E-state index >= 15 is 0 Å². The molecule has 4 atom stereocenters. The highest BCUT2D eigenvalue weighted by Crippen LogP contribution is 2.31. The molecule has 10 nitrogen and oxygen atoms in total. The number of benzene rings is 1. The molecule has 2 aromatic rings. The highest BCUT2D eigenvalue weighted by atomic mass is 35.5. The third-order valence-corrected chi connectivity index (χ3v) is 9.00. The van der Waals surface area contributed by atoms with E-state index in [0.29, 0.717) is 35.7 Å². The maximum absolute atomic E-state index is 13.3. The van der Waals surface area contributed by atoms with Crippen LogP contribution in [0.3, 0.4) is 0 Å². The summed E-state index contributed by atoms with van der Waals surface area (Å²) in [6, 6.07) is 4.36. The first-order valence-corrected chi connectivity index (χ1v) is 14.1. The van der Waals surface area contributed by atoms with Crippen molar-refractivity contribution in [1.29, 1.82) is 0 Å². The highest BCUT2D eigenvalue weighted by Gasteiger charge is 2.39. The Morgan fingerprint density at radius 3 is 2.84 bits per heavy atom. The van der Waals surface area contributed by atoms with Gasteiger partial charge in [0.05, 0.1) is 18.8 Å². The largest absolute Gasteiger partial charge is 0.373 e. The number of nitrogens with zero attached hydrogens (tertiary/aromatic N) is 3. The molecule has 0 radical (unpaired) electrons. The third kappa shape index (κ3) is 5.66. The van der Waals surface area contributed by atoms with Crippen LogP contribution in [-0.4, -0.2) is 78.5 Å². The average molecular weight is 561 g/mol. The van der Waals surface area contributed by atoms with Crippen LogP contribution in [0.1, 0.15) is 45.2 Å². The van der Waals surface area contributed by atoms with Gasteiger partial charge in [-0.3, -0.25) is 19.2 Å². The van der Waals surface area contributed by atoms with Crippen LogP contribution in [0.5, 0.6) is 0 Å². The second-order valence-corrected chi connectivity index (χ2v) is 11.8. The molecule has 0 bridgehead atoms. The minimum Gasteiger partial charge on any atom is -0.373 e. The van der Waals surface area contributed by atoms with Gasteiger partial charge in [-0.2, -0.15) is 0 Å². The van der Waals surface area contributed by atoms with Crippen molar-refractivity contribution in [3.63, 3.8) is 0 Å². The molecule has 1 aromatic carbocycles. The second kappa shape index (κ2) is 11.2. The zero-order valence-corrected chi connectivity index (χ0v) is 23.3.